The van der Waals surface area contributed by atoms with Crippen LogP contribution < -0.4 is 9.64 Å². The molecule has 4 heterocycles. The number of hydrogen-bond donors (Lipinski definition) is 0. The number of anilines is 1. The van der Waals surface area contributed by atoms with Crippen LogP contribution in [0, 0.1) is 11.8 Å². The summed E-state index contributed by atoms with van der Waals surface area (Å²) in [7, 11) is 1.69. The smallest absolute Gasteiger partial charge is 0.275 e. The molecule has 1 atom stereocenters. The highest BCUT2D eigenvalue weighted by Crippen LogP contribution is 2.34. The van der Waals surface area contributed by atoms with E-state index in [4.69, 9.17) is 16.3 Å². The van der Waals surface area contributed by atoms with Crippen LogP contribution in [-0.4, -0.2) is 57.7 Å². The molecule has 39 heavy (non-hydrogen) atoms. The Bertz CT molecular complexity index is 1630. The molecule has 0 radical (unpaired) electrons. The second kappa shape index (κ2) is 10.3. The van der Waals surface area contributed by atoms with Gasteiger partial charge in [0.15, 0.2) is 5.69 Å². The Morgan fingerprint density at radius 1 is 1.05 bits per heavy atom. The van der Waals surface area contributed by atoms with Crippen molar-refractivity contribution in [1.82, 2.24) is 19.7 Å². The van der Waals surface area contributed by atoms with Crippen LogP contribution in [0.3, 0.4) is 0 Å². The van der Waals surface area contributed by atoms with Gasteiger partial charge in [0.05, 0.1) is 12.2 Å². The van der Waals surface area contributed by atoms with E-state index < -0.39 is 6.04 Å². The molecule has 2 aliphatic rings. The van der Waals surface area contributed by atoms with Gasteiger partial charge in [-0.2, -0.15) is 5.10 Å². The third-order valence-corrected chi connectivity index (χ3v) is 7.37. The van der Waals surface area contributed by atoms with Gasteiger partial charge >= 0.3 is 0 Å². The lowest BCUT2D eigenvalue weighted by Gasteiger charge is -2.33. The molecule has 0 spiro atoms. The zero-order chi connectivity index (χ0) is 26.9. The number of rotatable bonds is 3. The molecule has 6 rings (SSSR count). The zero-order valence-electron chi connectivity index (χ0n) is 21.2. The lowest BCUT2D eigenvalue weighted by Crippen LogP contribution is -2.54. The Hall–Kier alpha value is -4.61. The molecule has 2 aromatic carbocycles. The van der Waals surface area contributed by atoms with Crippen LogP contribution in [-0.2, 0) is 17.8 Å². The molecule has 0 saturated carbocycles. The second-order valence-corrected chi connectivity index (χ2v) is 9.77. The number of fused-ring (bicyclic) bond motifs is 2. The lowest BCUT2D eigenvalue weighted by molar-refractivity contribution is -0.123. The summed E-state index contributed by atoms with van der Waals surface area (Å²) < 4.78 is 7.75. The number of aromatic nitrogens is 3. The van der Waals surface area contributed by atoms with E-state index in [1.165, 1.54) is 4.90 Å². The van der Waals surface area contributed by atoms with Crippen LogP contribution in [0.15, 0.2) is 73.1 Å². The molecule has 2 amide bonds. The highest BCUT2D eigenvalue weighted by atomic mass is 35.5. The first-order valence-electron chi connectivity index (χ1n) is 12.6. The Morgan fingerprint density at radius 2 is 1.87 bits per heavy atom. The number of likely N-dealkylation sites (N-methyl/N-ethyl adjacent to an activating group) is 1. The van der Waals surface area contributed by atoms with Crippen molar-refractivity contribution in [2.75, 3.05) is 25.1 Å². The second-order valence-electron chi connectivity index (χ2n) is 9.41. The average molecular weight is 538 g/mol. The third-order valence-electron chi connectivity index (χ3n) is 6.95. The molecule has 0 unspecified atom stereocenters. The summed E-state index contributed by atoms with van der Waals surface area (Å²) >= 11 is 6.62. The maximum absolute atomic E-state index is 13.6. The van der Waals surface area contributed by atoms with E-state index in [2.05, 4.69) is 21.9 Å². The quantitative estimate of drug-likeness (QED) is 0.371. The molecule has 2 aromatic heterocycles. The molecular weight excluding hydrogens is 514 g/mol. The molecular formula is C30H24ClN5O3. The highest BCUT2D eigenvalue weighted by Gasteiger charge is 2.40. The Labute approximate surface area is 230 Å². The zero-order valence-corrected chi connectivity index (χ0v) is 21.9. The number of carbonyl (C=O) groups is 2. The van der Waals surface area contributed by atoms with Crippen LogP contribution in [0.5, 0.6) is 5.75 Å². The van der Waals surface area contributed by atoms with Gasteiger partial charge in [-0.1, -0.05) is 53.8 Å². The van der Waals surface area contributed by atoms with Crippen LogP contribution in [0.25, 0.3) is 0 Å². The first-order chi connectivity index (χ1) is 19.0. The molecule has 194 valence electrons. The minimum atomic E-state index is -0.800. The van der Waals surface area contributed by atoms with Crippen molar-refractivity contribution in [1.29, 1.82) is 0 Å². The fourth-order valence-corrected chi connectivity index (χ4v) is 5.15. The first kappa shape index (κ1) is 24.7. The molecule has 0 fully saturated rings. The van der Waals surface area contributed by atoms with E-state index in [-0.39, 0.29) is 24.1 Å². The summed E-state index contributed by atoms with van der Waals surface area (Å²) in [5.41, 5.74) is 4.19. The number of hydrogen-bond acceptors (Lipinski definition) is 5. The van der Waals surface area contributed by atoms with Crippen molar-refractivity contribution in [3.63, 3.8) is 0 Å². The molecule has 0 N–H and O–H groups in total. The van der Waals surface area contributed by atoms with Crippen molar-refractivity contribution in [3.05, 3.63) is 106 Å². The van der Waals surface area contributed by atoms with E-state index >= 15 is 0 Å². The van der Waals surface area contributed by atoms with E-state index in [1.807, 2.05) is 60.7 Å². The van der Waals surface area contributed by atoms with E-state index in [9.17, 15) is 9.59 Å². The van der Waals surface area contributed by atoms with Crippen molar-refractivity contribution in [2.24, 2.45) is 0 Å². The van der Waals surface area contributed by atoms with Crippen LogP contribution >= 0.6 is 11.6 Å². The summed E-state index contributed by atoms with van der Waals surface area (Å²) in [6.07, 6.45) is 3.90. The number of nitrogens with zero attached hydrogens (tertiary/aromatic N) is 5. The Morgan fingerprint density at radius 3 is 2.67 bits per heavy atom. The number of amides is 2. The fourth-order valence-electron chi connectivity index (χ4n) is 4.87. The largest absolute Gasteiger partial charge is 0.489 e. The number of halogens is 1. The Balaban J connectivity index is 1.23. The van der Waals surface area contributed by atoms with Gasteiger partial charge in [-0.25, -0.2) is 4.68 Å². The van der Waals surface area contributed by atoms with Gasteiger partial charge < -0.3 is 14.5 Å². The van der Waals surface area contributed by atoms with Gasteiger partial charge in [-0.3, -0.25) is 14.6 Å². The highest BCUT2D eigenvalue weighted by molar-refractivity contribution is 6.31. The van der Waals surface area contributed by atoms with E-state index in [0.717, 1.165) is 16.7 Å². The number of pyridine rings is 1. The van der Waals surface area contributed by atoms with Crippen LogP contribution in [0.1, 0.15) is 32.7 Å². The van der Waals surface area contributed by atoms with Gasteiger partial charge in [0.2, 0.25) is 0 Å². The summed E-state index contributed by atoms with van der Waals surface area (Å²) in [5.74, 6) is 6.18. The van der Waals surface area contributed by atoms with Gasteiger partial charge in [0.1, 0.15) is 23.6 Å². The van der Waals surface area contributed by atoms with Crippen molar-refractivity contribution < 1.29 is 14.3 Å². The van der Waals surface area contributed by atoms with Crippen LogP contribution in [0.2, 0.25) is 5.15 Å². The van der Waals surface area contributed by atoms with E-state index in [0.29, 0.717) is 41.7 Å². The predicted octanol–water partition coefficient (Wildman–Crippen LogP) is 3.80. The van der Waals surface area contributed by atoms with Gasteiger partial charge in [-0.05, 0) is 42.3 Å². The summed E-state index contributed by atoms with van der Waals surface area (Å²) in [6, 6.07) is 18.2. The molecule has 2 aliphatic heterocycles. The molecule has 0 saturated heterocycles. The number of ether oxygens (including phenoxy) is 1. The molecule has 9 heteroatoms. The lowest BCUT2D eigenvalue weighted by atomic mass is 10.0. The molecule has 0 aliphatic carbocycles. The minimum Gasteiger partial charge on any atom is -0.489 e. The minimum absolute atomic E-state index is 0.0230. The maximum Gasteiger partial charge on any atom is 0.275 e. The third kappa shape index (κ3) is 4.73. The van der Waals surface area contributed by atoms with Crippen LogP contribution in [0.4, 0.5) is 5.69 Å². The van der Waals surface area contributed by atoms with E-state index in [1.54, 1.807) is 29.0 Å². The molecule has 4 aromatic rings. The monoisotopic (exact) mass is 537 g/mol. The van der Waals surface area contributed by atoms with Crippen molar-refractivity contribution >= 4 is 29.1 Å². The number of benzene rings is 2. The van der Waals surface area contributed by atoms with Crippen molar-refractivity contribution in [2.45, 2.75) is 19.0 Å². The first-order valence-corrected chi connectivity index (χ1v) is 12.9. The van der Waals surface area contributed by atoms with Crippen molar-refractivity contribution in [3.8, 4) is 17.6 Å². The SMILES string of the molecule is CN1C(=O)[C@H](N2CCc3c(nn(Cc4ccccc4)c3Cl)C2=O)COc2cc(C#Cc3cccnc3)ccc21. The average Bonchev–Trinajstić information content (AvgIpc) is 3.22. The van der Waals surface area contributed by atoms with Gasteiger partial charge in [-0.15, -0.1) is 0 Å². The number of carbonyl (C=O) groups excluding carboxylic acids is 2. The Kier molecular flexibility index (Phi) is 6.51. The topological polar surface area (TPSA) is 80.6 Å². The maximum atomic E-state index is 13.6. The fraction of sp³-hybridized carbons (Fsp3) is 0.200. The molecule has 8 nitrogen and oxygen atoms in total. The molecule has 0 bridgehead atoms. The summed E-state index contributed by atoms with van der Waals surface area (Å²) in [6.45, 7) is 0.818. The normalized spacial score (nSPS) is 16.5. The summed E-state index contributed by atoms with van der Waals surface area (Å²) in [5, 5.41) is 5.00. The predicted molar refractivity (Wildman–Crippen MR) is 147 cm³/mol. The van der Waals surface area contributed by atoms with Gasteiger partial charge in [0, 0.05) is 42.7 Å². The summed E-state index contributed by atoms with van der Waals surface area (Å²) in [4.78, 5) is 34.3. The standard InChI is InChI=1S/C30H24ClN5O3/c1-34-24-12-11-20(9-10-21-8-5-14-32-17-21)16-26(24)39-19-25(29(34)37)35-15-13-23-27(30(35)38)33-36(28(23)31)18-22-6-3-2-4-7-22/h2-8,11-12,14,16-17,25H,13,15,18-19H2,1H3/t25-/m1/s1. The van der Waals surface area contributed by atoms with Gasteiger partial charge in [0.25, 0.3) is 11.8 Å².